The minimum atomic E-state index is -0.0731. The van der Waals surface area contributed by atoms with Crippen LogP contribution in [0.25, 0.3) is 33.2 Å². The number of aromatic nitrogens is 4. The molecule has 0 saturated carbocycles. The fourth-order valence-corrected chi connectivity index (χ4v) is 5.06. The maximum Gasteiger partial charge on any atom is 0.274 e. The Balaban J connectivity index is 1.68. The van der Waals surface area contributed by atoms with E-state index < -0.39 is 0 Å². The van der Waals surface area contributed by atoms with Crippen LogP contribution >= 0.6 is 0 Å². The number of benzene rings is 2. The fourth-order valence-electron chi connectivity index (χ4n) is 5.06. The number of nitrogen functional groups attached to an aromatic ring is 1. The molecular weight excluding hydrogens is 434 g/mol. The van der Waals surface area contributed by atoms with E-state index in [-0.39, 0.29) is 17.5 Å². The van der Waals surface area contributed by atoms with Crippen LogP contribution in [0.3, 0.4) is 0 Å². The molecule has 2 aliphatic rings. The third-order valence-corrected chi connectivity index (χ3v) is 6.82. The lowest BCUT2D eigenvalue weighted by Gasteiger charge is -2.21. The minimum Gasteiger partial charge on any atom is -0.487 e. The van der Waals surface area contributed by atoms with E-state index in [9.17, 15) is 4.79 Å². The lowest BCUT2D eigenvalue weighted by molar-refractivity contribution is 0.195. The van der Waals surface area contributed by atoms with Crippen LogP contribution < -0.4 is 20.8 Å². The molecule has 4 aromatic rings. The zero-order valence-corrected chi connectivity index (χ0v) is 19.0. The summed E-state index contributed by atoms with van der Waals surface area (Å²) in [5, 5.41) is 11.8. The minimum absolute atomic E-state index is 0.0606. The van der Waals surface area contributed by atoms with Crippen molar-refractivity contribution in [1.29, 1.82) is 5.41 Å². The number of nitrogens with two attached hydrogens (primary N) is 1. The first-order chi connectivity index (χ1) is 16.4. The summed E-state index contributed by atoms with van der Waals surface area (Å²) in [6, 6.07) is 9.32. The Bertz CT molecular complexity index is 1520. The highest BCUT2D eigenvalue weighted by Gasteiger charge is 2.31. The molecule has 10 nitrogen and oxygen atoms in total. The van der Waals surface area contributed by atoms with Crippen molar-refractivity contribution in [2.75, 3.05) is 20.2 Å². The maximum absolute atomic E-state index is 13.1. The van der Waals surface area contributed by atoms with Gasteiger partial charge in [0, 0.05) is 36.7 Å². The highest BCUT2D eigenvalue weighted by molar-refractivity contribution is 6.01. The second kappa shape index (κ2) is 7.56. The van der Waals surface area contributed by atoms with Crippen molar-refractivity contribution in [2.45, 2.75) is 32.0 Å². The summed E-state index contributed by atoms with van der Waals surface area (Å²) in [5.74, 6) is 0.776. The predicted molar refractivity (Wildman–Crippen MR) is 129 cm³/mol. The molecule has 4 heterocycles. The molecule has 10 heteroatoms. The Labute approximate surface area is 194 Å². The molecule has 0 aliphatic carbocycles. The Kier molecular flexibility index (Phi) is 4.59. The van der Waals surface area contributed by atoms with Crippen molar-refractivity contribution < 1.29 is 9.47 Å². The first kappa shape index (κ1) is 20.7. The first-order valence-corrected chi connectivity index (χ1v) is 11.3. The molecule has 2 aromatic heterocycles. The van der Waals surface area contributed by atoms with Crippen LogP contribution in [0.15, 0.2) is 35.1 Å². The molecule has 2 aliphatic heterocycles. The largest absolute Gasteiger partial charge is 0.487 e. The van der Waals surface area contributed by atoms with Crippen LogP contribution in [-0.4, -0.2) is 62.8 Å². The summed E-state index contributed by atoms with van der Waals surface area (Å²) in [6.45, 7) is 4.15. The van der Waals surface area contributed by atoms with Crippen LogP contribution in [0.4, 0.5) is 0 Å². The van der Waals surface area contributed by atoms with Gasteiger partial charge in [0.25, 0.3) is 5.56 Å². The van der Waals surface area contributed by atoms with Crippen LogP contribution in [0.2, 0.25) is 0 Å². The molecule has 1 fully saturated rings. The average Bonchev–Trinajstić information content (AvgIpc) is 3.34. The van der Waals surface area contributed by atoms with Crippen LogP contribution in [0.1, 0.15) is 18.9 Å². The van der Waals surface area contributed by atoms with Gasteiger partial charge in [0.15, 0.2) is 0 Å². The number of aromatic amines is 1. The molecule has 0 radical (unpaired) electrons. The smallest absolute Gasteiger partial charge is 0.274 e. The van der Waals surface area contributed by atoms with Gasteiger partial charge in [-0.2, -0.15) is 0 Å². The topological polar surface area (TPSA) is 135 Å². The summed E-state index contributed by atoms with van der Waals surface area (Å²) in [6.07, 6.45) is 0.779. The van der Waals surface area contributed by atoms with E-state index in [1.807, 2.05) is 18.2 Å². The molecular formula is C24H25N7O3. The summed E-state index contributed by atoms with van der Waals surface area (Å²) >= 11 is 0. The van der Waals surface area contributed by atoms with E-state index in [1.54, 1.807) is 16.8 Å². The van der Waals surface area contributed by atoms with E-state index in [1.165, 1.54) is 7.11 Å². The van der Waals surface area contributed by atoms with Crippen molar-refractivity contribution in [2.24, 2.45) is 5.73 Å². The molecule has 0 amide bonds. The van der Waals surface area contributed by atoms with Gasteiger partial charge in [-0.15, -0.1) is 0 Å². The Hall–Kier alpha value is -3.92. The molecule has 174 valence electrons. The fraction of sp³-hybridized carbons (Fsp3) is 0.333. The Morgan fingerprint density at radius 3 is 2.94 bits per heavy atom. The average molecular weight is 460 g/mol. The van der Waals surface area contributed by atoms with E-state index in [4.69, 9.17) is 30.6 Å². The number of para-hydroxylation sites is 1. The van der Waals surface area contributed by atoms with Crippen molar-refractivity contribution in [3.8, 4) is 22.9 Å². The molecule has 6 bridgehead atoms. The van der Waals surface area contributed by atoms with Crippen molar-refractivity contribution in [3.63, 3.8) is 0 Å². The molecule has 0 spiro atoms. The van der Waals surface area contributed by atoms with Gasteiger partial charge in [-0.25, -0.2) is 9.97 Å². The van der Waals surface area contributed by atoms with E-state index in [2.05, 4.69) is 16.9 Å². The zero-order chi connectivity index (χ0) is 23.6. The van der Waals surface area contributed by atoms with Gasteiger partial charge in [0.1, 0.15) is 28.9 Å². The van der Waals surface area contributed by atoms with Crippen LogP contribution in [-0.2, 0) is 6.54 Å². The molecule has 4 N–H and O–H groups in total. The zero-order valence-electron chi connectivity index (χ0n) is 19.0. The second-order valence-corrected chi connectivity index (χ2v) is 8.95. The summed E-state index contributed by atoms with van der Waals surface area (Å²) in [7, 11) is 1.53. The number of H-pyrrole nitrogens is 1. The summed E-state index contributed by atoms with van der Waals surface area (Å²) in [4.78, 5) is 25.1. The third kappa shape index (κ3) is 3.13. The monoisotopic (exact) mass is 459 g/mol. The second-order valence-electron chi connectivity index (χ2n) is 8.95. The summed E-state index contributed by atoms with van der Waals surface area (Å²) < 4.78 is 13.7. The van der Waals surface area contributed by atoms with Crippen molar-refractivity contribution in [3.05, 3.63) is 46.2 Å². The van der Waals surface area contributed by atoms with E-state index >= 15 is 0 Å². The highest BCUT2D eigenvalue weighted by atomic mass is 16.5. The first-order valence-electron chi connectivity index (χ1n) is 11.3. The molecule has 6 rings (SSSR count). The number of amidine groups is 1. The Morgan fingerprint density at radius 2 is 2.15 bits per heavy atom. The van der Waals surface area contributed by atoms with Crippen LogP contribution in [0.5, 0.6) is 11.6 Å². The van der Waals surface area contributed by atoms with E-state index in [0.29, 0.717) is 57.4 Å². The number of hydrogen-bond acceptors (Lipinski definition) is 7. The predicted octanol–water partition coefficient (Wildman–Crippen LogP) is 2.09. The standard InChI is InChI=1S/C24H25N7O3/c1-12-8-14-11-30(12)6-7-31-24(32)16-5-3-4-15(19(16)29-31)20-23(33-2)27-17-9-13(22(25)26)10-18(34-14)21(17)28-20/h3-5,9-10,12,14,29H,6-8,11H2,1-2H3,(H3,25,26)/t12-,14?/m1/s1. The van der Waals surface area contributed by atoms with Gasteiger partial charge in [-0.1, -0.05) is 12.1 Å². The van der Waals surface area contributed by atoms with Gasteiger partial charge < -0.3 is 15.2 Å². The molecule has 34 heavy (non-hydrogen) atoms. The van der Waals surface area contributed by atoms with Gasteiger partial charge in [-0.05, 0) is 25.1 Å². The Morgan fingerprint density at radius 1 is 1.29 bits per heavy atom. The van der Waals surface area contributed by atoms with Crippen LogP contribution in [0, 0.1) is 5.41 Å². The number of hydrogen-bond donors (Lipinski definition) is 3. The summed E-state index contributed by atoms with van der Waals surface area (Å²) in [5.41, 5.74) is 9.26. The quantitative estimate of drug-likeness (QED) is 0.308. The van der Waals surface area contributed by atoms with Crippen molar-refractivity contribution in [1.82, 2.24) is 24.6 Å². The lowest BCUT2D eigenvalue weighted by Crippen LogP contribution is -2.33. The SMILES string of the molecule is COc1nc2cc(C(=N)N)cc3c2nc1-c1cccc2c(=O)n([nH]c12)CCN1CC(C[C@H]1C)O3. The van der Waals surface area contributed by atoms with Crippen molar-refractivity contribution >= 4 is 27.8 Å². The van der Waals surface area contributed by atoms with Gasteiger partial charge >= 0.3 is 0 Å². The molecule has 2 aromatic carbocycles. The number of nitrogens with one attached hydrogen (secondary N) is 2. The number of ether oxygens (including phenoxy) is 2. The third-order valence-electron chi connectivity index (χ3n) is 6.82. The van der Waals surface area contributed by atoms with Gasteiger partial charge in [0.05, 0.1) is 30.1 Å². The highest BCUT2D eigenvalue weighted by Crippen LogP contribution is 2.36. The lowest BCUT2D eigenvalue weighted by atomic mass is 10.1. The van der Waals surface area contributed by atoms with E-state index in [0.717, 1.165) is 25.1 Å². The molecule has 3 atom stereocenters. The number of nitrogens with zero attached hydrogens (tertiary/aromatic N) is 4. The van der Waals surface area contributed by atoms with Gasteiger partial charge in [-0.3, -0.25) is 24.9 Å². The maximum atomic E-state index is 13.1. The van der Waals surface area contributed by atoms with Gasteiger partial charge in [0.2, 0.25) is 5.88 Å². The number of fused-ring (bicyclic) bond motifs is 5. The molecule has 1 saturated heterocycles. The number of methoxy groups -OCH3 is 1. The normalized spacial score (nSPS) is 21.6. The number of rotatable bonds is 2. The molecule has 2 unspecified atom stereocenters.